The van der Waals surface area contributed by atoms with E-state index in [1.807, 2.05) is 24.4 Å². The Morgan fingerprint density at radius 3 is 3.29 bits per heavy atom. The molecule has 0 radical (unpaired) electrons. The summed E-state index contributed by atoms with van der Waals surface area (Å²) in [5.41, 5.74) is 0.921. The zero-order valence-corrected chi connectivity index (χ0v) is 9.76. The van der Waals surface area contributed by atoms with Gasteiger partial charge in [-0.05, 0) is 25.1 Å². The smallest absolute Gasteiger partial charge is 0.160 e. The summed E-state index contributed by atoms with van der Waals surface area (Å²) in [5, 5.41) is 15.2. The molecule has 3 heterocycles. The van der Waals surface area contributed by atoms with Gasteiger partial charge in [-0.25, -0.2) is 0 Å². The van der Waals surface area contributed by atoms with Crippen LogP contribution in [0.3, 0.4) is 0 Å². The van der Waals surface area contributed by atoms with Crippen LogP contribution in [0, 0.1) is 0 Å². The lowest BCUT2D eigenvalue weighted by molar-refractivity contribution is 0.544. The number of nitrogens with zero attached hydrogens (tertiary/aromatic N) is 3. The molecule has 90 valence electrons. The zero-order chi connectivity index (χ0) is 11.5. The molecule has 2 N–H and O–H groups in total. The van der Waals surface area contributed by atoms with Crippen molar-refractivity contribution in [2.24, 2.45) is 0 Å². The fraction of sp³-hybridized carbons (Fsp3) is 0.500. The van der Waals surface area contributed by atoms with Crippen LogP contribution in [0.5, 0.6) is 0 Å². The molecular formula is C12H17N5. The third kappa shape index (κ3) is 2.30. The minimum absolute atomic E-state index is 0.620. The average Bonchev–Trinajstić information content (AvgIpc) is 2.99. The molecule has 1 fully saturated rings. The van der Waals surface area contributed by atoms with Crippen molar-refractivity contribution < 1.29 is 0 Å². The van der Waals surface area contributed by atoms with Gasteiger partial charge >= 0.3 is 0 Å². The van der Waals surface area contributed by atoms with E-state index in [1.165, 1.54) is 6.42 Å². The topological polar surface area (TPSA) is 54.2 Å². The molecule has 1 unspecified atom stereocenters. The Kier molecular flexibility index (Phi) is 3.02. The summed E-state index contributed by atoms with van der Waals surface area (Å²) in [6, 6.07) is 6.59. The third-order valence-corrected chi connectivity index (χ3v) is 3.23. The standard InChI is InChI=1S/C12H17N5/c1-2-8-17-11(3-1)15-16-12(17)5-7-14-10-4-6-13-9-10/h1-3,8,10,13-14H,4-7,9H2. The van der Waals surface area contributed by atoms with Crippen LogP contribution in [0.25, 0.3) is 5.65 Å². The Balaban J connectivity index is 1.60. The maximum atomic E-state index is 4.22. The van der Waals surface area contributed by atoms with Crippen molar-refractivity contribution in [1.82, 2.24) is 25.2 Å². The highest BCUT2D eigenvalue weighted by molar-refractivity contribution is 5.36. The lowest BCUT2D eigenvalue weighted by Crippen LogP contribution is -2.32. The van der Waals surface area contributed by atoms with Gasteiger partial charge in [0.1, 0.15) is 5.82 Å². The van der Waals surface area contributed by atoms with E-state index in [0.29, 0.717) is 6.04 Å². The average molecular weight is 231 g/mol. The molecule has 0 aliphatic carbocycles. The molecule has 3 rings (SSSR count). The van der Waals surface area contributed by atoms with E-state index in [9.17, 15) is 0 Å². The highest BCUT2D eigenvalue weighted by Crippen LogP contribution is 2.03. The van der Waals surface area contributed by atoms with Crippen molar-refractivity contribution >= 4 is 5.65 Å². The first-order chi connectivity index (χ1) is 8.43. The fourth-order valence-corrected chi connectivity index (χ4v) is 2.28. The second-order valence-electron chi connectivity index (χ2n) is 4.44. The number of nitrogens with one attached hydrogen (secondary N) is 2. The Morgan fingerprint density at radius 2 is 2.41 bits per heavy atom. The van der Waals surface area contributed by atoms with Crippen LogP contribution in [0.15, 0.2) is 24.4 Å². The minimum Gasteiger partial charge on any atom is -0.315 e. The molecule has 5 nitrogen and oxygen atoms in total. The third-order valence-electron chi connectivity index (χ3n) is 3.23. The first-order valence-corrected chi connectivity index (χ1v) is 6.16. The summed E-state index contributed by atoms with van der Waals surface area (Å²) in [4.78, 5) is 0. The second kappa shape index (κ2) is 4.81. The number of pyridine rings is 1. The molecule has 0 amide bonds. The van der Waals surface area contributed by atoms with Crippen LogP contribution < -0.4 is 10.6 Å². The maximum Gasteiger partial charge on any atom is 0.160 e. The summed E-state index contributed by atoms with van der Waals surface area (Å²) in [5.74, 6) is 1.03. The molecule has 1 aliphatic rings. The Bertz CT molecular complexity index is 486. The van der Waals surface area contributed by atoms with E-state index < -0.39 is 0 Å². The largest absolute Gasteiger partial charge is 0.315 e. The molecule has 1 atom stereocenters. The summed E-state index contributed by atoms with van der Waals surface area (Å²) >= 11 is 0. The number of aromatic nitrogens is 3. The van der Waals surface area contributed by atoms with Gasteiger partial charge in [0.25, 0.3) is 0 Å². The molecular weight excluding hydrogens is 214 g/mol. The number of hydrogen-bond donors (Lipinski definition) is 2. The molecule has 0 saturated carbocycles. The Morgan fingerprint density at radius 1 is 1.41 bits per heavy atom. The number of rotatable bonds is 4. The quantitative estimate of drug-likeness (QED) is 0.790. The highest BCUT2D eigenvalue weighted by Gasteiger charge is 2.13. The molecule has 1 saturated heterocycles. The summed E-state index contributed by atoms with van der Waals surface area (Å²) in [6.45, 7) is 3.17. The second-order valence-corrected chi connectivity index (χ2v) is 4.44. The van der Waals surface area contributed by atoms with Gasteiger partial charge in [-0.2, -0.15) is 0 Å². The van der Waals surface area contributed by atoms with Gasteiger partial charge in [0.2, 0.25) is 0 Å². The van der Waals surface area contributed by atoms with Crippen LogP contribution >= 0.6 is 0 Å². The van der Waals surface area contributed by atoms with E-state index in [1.54, 1.807) is 0 Å². The molecule has 1 aliphatic heterocycles. The van der Waals surface area contributed by atoms with E-state index in [0.717, 1.165) is 37.5 Å². The Hall–Kier alpha value is -1.46. The van der Waals surface area contributed by atoms with E-state index in [2.05, 4.69) is 25.2 Å². The van der Waals surface area contributed by atoms with Crippen molar-refractivity contribution in [1.29, 1.82) is 0 Å². The molecule has 0 bridgehead atoms. The lowest BCUT2D eigenvalue weighted by atomic mass is 10.2. The van der Waals surface area contributed by atoms with Gasteiger partial charge in [-0.3, -0.25) is 4.40 Å². The van der Waals surface area contributed by atoms with Crippen LogP contribution in [0.1, 0.15) is 12.2 Å². The first kappa shape index (κ1) is 10.7. The molecule has 17 heavy (non-hydrogen) atoms. The molecule has 0 spiro atoms. The molecule has 2 aromatic rings. The SMILES string of the molecule is c1ccn2c(CCNC3CCNC3)nnc2c1. The van der Waals surface area contributed by atoms with Gasteiger partial charge < -0.3 is 10.6 Å². The van der Waals surface area contributed by atoms with Gasteiger partial charge in [-0.1, -0.05) is 6.07 Å². The van der Waals surface area contributed by atoms with Crippen molar-refractivity contribution in [3.8, 4) is 0 Å². The van der Waals surface area contributed by atoms with E-state index in [4.69, 9.17) is 0 Å². The summed E-state index contributed by atoms with van der Waals surface area (Å²) < 4.78 is 2.05. The number of fused-ring (bicyclic) bond motifs is 1. The monoisotopic (exact) mass is 231 g/mol. The number of hydrogen-bond acceptors (Lipinski definition) is 4. The van der Waals surface area contributed by atoms with E-state index in [-0.39, 0.29) is 0 Å². The van der Waals surface area contributed by atoms with Gasteiger partial charge in [-0.15, -0.1) is 10.2 Å². The van der Waals surface area contributed by atoms with Crippen molar-refractivity contribution in [2.75, 3.05) is 19.6 Å². The van der Waals surface area contributed by atoms with Crippen LogP contribution in [0.4, 0.5) is 0 Å². The first-order valence-electron chi connectivity index (χ1n) is 6.16. The van der Waals surface area contributed by atoms with Gasteiger partial charge in [0.05, 0.1) is 0 Å². The van der Waals surface area contributed by atoms with Crippen LogP contribution in [0.2, 0.25) is 0 Å². The van der Waals surface area contributed by atoms with Crippen LogP contribution in [-0.4, -0.2) is 40.3 Å². The van der Waals surface area contributed by atoms with Crippen LogP contribution in [-0.2, 0) is 6.42 Å². The van der Waals surface area contributed by atoms with Crippen molar-refractivity contribution in [2.45, 2.75) is 18.9 Å². The van der Waals surface area contributed by atoms with Crippen molar-refractivity contribution in [3.63, 3.8) is 0 Å². The predicted molar refractivity (Wildman–Crippen MR) is 66.0 cm³/mol. The lowest BCUT2D eigenvalue weighted by Gasteiger charge is -2.09. The van der Waals surface area contributed by atoms with Gasteiger partial charge in [0, 0.05) is 31.7 Å². The normalized spacial score (nSPS) is 20.1. The van der Waals surface area contributed by atoms with Crippen molar-refractivity contribution in [3.05, 3.63) is 30.2 Å². The minimum atomic E-state index is 0.620. The maximum absolute atomic E-state index is 4.22. The predicted octanol–water partition coefficient (Wildman–Crippen LogP) is 0.223. The fourth-order valence-electron chi connectivity index (χ4n) is 2.28. The molecule has 5 heteroatoms. The highest BCUT2D eigenvalue weighted by atomic mass is 15.2. The molecule has 2 aromatic heterocycles. The molecule has 0 aromatic carbocycles. The zero-order valence-electron chi connectivity index (χ0n) is 9.76. The van der Waals surface area contributed by atoms with E-state index >= 15 is 0 Å². The summed E-state index contributed by atoms with van der Waals surface area (Å²) in [7, 11) is 0. The Labute approximate surface area is 100 Å². The van der Waals surface area contributed by atoms with Gasteiger partial charge in [0.15, 0.2) is 5.65 Å². The summed E-state index contributed by atoms with van der Waals surface area (Å²) in [6.07, 6.45) is 4.16.